The Morgan fingerprint density at radius 1 is 1.38 bits per heavy atom. The van der Waals surface area contributed by atoms with Crippen molar-refractivity contribution in [3.8, 4) is 5.75 Å². The molecule has 0 saturated carbocycles. The number of benzene rings is 1. The largest absolute Gasteiger partial charge is 0.493 e. The van der Waals surface area contributed by atoms with Gasteiger partial charge in [-0.15, -0.1) is 6.58 Å². The number of hydrogen-bond acceptors (Lipinski definition) is 3. The van der Waals surface area contributed by atoms with E-state index < -0.39 is 0 Å². The number of thiocarbonyl (C=S) groups is 1. The molecule has 5 heteroatoms. The Labute approximate surface area is 132 Å². The standard InChI is InChI=1S/C16H23N3OS/c1-3-5-8-12-20-15-10-7-6-9-14(15)13-18-19-16(21)17-11-4-2/h4,6-7,9-10,13H,2-3,5,8,11-12H2,1H3,(H2,17,19,21)/b18-13+. The Hall–Kier alpha value is -1.88. The molecule has 0 bridgehead atoms. The highest BCUT2D eigenvalue weighted by atomic mass is 32.1. The Balaban J connectivity index is 2.49. The van der Waals surface area contributed by atoms with Gasteiger partial charge in [0.2, 0.25) is 0 Å². The average molecular weight is 305 g/mol. The highest BCUT2D eigenvalue weighted by molar-refractivity contribution is 7.80. The molecular weight excluding hydrogens is 282 g/mol. The predicted octanol–water partition coefficient (Wildman–Crippen LogP) is 3.24. The van der Waals surface area contributed by atoms with Crippen molar-refractivity contribution in [3.63, 3.8) is 0 Å². The number of hydrazone groups is 1. The predicted molar refractivity (Wildman–Crippen MR) is 93.0 cm³/mol. The fraction of sp³-hybridized carbons (Fsp3) is 0.375. The van der Waals surface area contributed by atoms with Crippen LogP contribution in [0.2, 0.25) is 0 Å². The summed E-state index contributed by atoms with van der Waals surface area (Å²) in [4.78, 5) is 0. The fourth-order valence-corrected chi connectivity index (χ4v) is 1.75. The summed E-state index contributed by atoms with van der Waals surface area (Å²) in [5.74, 6) is 0.837. The third-order valence-corrected chi connectivity index (χ3v) is 2.94. The van der Waals surface area contributed by atoms with Gasteiger partial charge in [-0.05, 0) is 30.8 Å². The summed E-state index contributed by atoms with van der Waals surface area (Å²) < 4.78 is 5.78. The first-order valence-corrected chi connectivity index (χ1v) is 7.58. The Morgan fingerprint density at radius 3 is 2.95 bits per heavy atom. The van der Waals surface area contributed by atoms with Crippen molar-refractivity contribution in [1.82, 2.24) is 10.7 Å². The van der Waals surface area contributed by atoms with Crippen LogP contribution >= 0.6 is 12.2 Å². The maximum atomic E-state index is 5.78. The lowest BCUT2D eigenvalue weighted by Gasteiger charge is -2.08. The summed E-state index contributed by atoms with van der Waals surface area (Å²) in [6.45, 7) is 7.12. The molecule has 0 aliphatic rings. The maximum absolute atomic E-state index is 5.78. The van der Waals surface area contributed by atoms with Crippen LogP contribution in [0.4, 0.5) is 0 Å². The SMILES string of the molecule is C=CCNC(=S)N/N=C/c1ccccc1OCCCCC. The van der Waals surface area contributed by atoms with E-state index in [1.54, 1.807) is 12.3 Å². The number of nitrogens with zero attached hydrogens (tertiary/aromatic N) is 1. The first-order valence-electron chi connectivity index (χ1n) is 7.17. The van der Waals surface area contributed by atoms with Gasteiger partial charge >= 0.3 is 0 Å². The van der Waals surface area contributed by atoms with E-state index in [4.69, 9.17) is 17.0 Å². The van der Waals surface area contributed by atoms with Crippen molar-refractivity contribution in [1.29, 1.82) is 0 Å². The molecule has 0 spiro atoms. The molecule has 21 heavy (non-hydrogen) atoms. The molecule has 0 aromatic heterocycles. The lowest BCUT2D eigenvalue weighted by Crippen LogP contribution is -2.31. The second kappa shape index (κ2) is 10.9. The number of ether oxygens (including phenoxy) is 1. The van der Waals surface area contributed by atoms with Crippen LogP contribution in [0.25, 0.3) is 0 Å². The van der Waals surface area contributed by atoms with E-state index in [1.165, 1.54) is 12.8 Å². The summed E-state index contributed by atoms with van der Waals surface area (Å²) in [7, 11) is 0. The normalized spacial score (nSPS) is 10.3. The highest BCUT2D eigenvalue weighted by Gasteiger charge is 2.00. The fourth-order valence-electron chi connectivity index (χ4n) is 1.62. The number of unbranched alkanes of at least 4 members (excludes halogenated alkanes) is 2. The van der Waals surface area contributed by atoms with Gasteiger partial charge in [0.05, 0.1) is 12.8 Å². The van der Waals surface area contributed by atoms with Crippen molar-refractivity contribution < 1.29 is 4.74 Å². The minimum absolute atomic E-state index is 0.465. The van der Waals surface area contributed by atoms with Crippen LogP contribution in [-0.2, 0) is 0 Å². The molecule has 0 amide bonds. The summed E-state index contributed by atoms with van der Waals surface area (Å²) >= 11 is 5.05. The zero-order valence-electron chi connectivity index (χ0n) is 12.5. The van der Waals surface area contributed by atoms with Crippen molar-refractivity contribution in [2.24, 2.45) is 5.10 Å². The van der Waals surface area contributed by atoms with Crippen LogP contribution in [0.1, 0.15) is 31.7 Å². The van der Waals surface area contributed by atoms with E-state index in [1.807, 2.05) is 24.3 Å². The van der Waals surface area contributed by atoms with E-state index in [-0.39, 0.29) is 0 Å². The third kappa shape index (κ3) is 7.46. The summed E-state index contributed by atoms with van der Waals surface area (Å²) in [6, 6.07) is 7.81. The second-order valence-electron chi connectivity index (χ2n) is 4.46. The van der Waals surface area contributed by atoms with Crippen LogP contribution in [0.15, 0.2) is 42.0 Å². The summed E-state index contributed by atoms with van der Waals surface area (Å²) in [5.41, 5.74) is 3.68. The molecule has 114 valence electrons. The van der Waals surface area contributed by atoms with E-state index in [9.17, 15) is 0 Å². The van der Waals surface area contributed by atoms with Gasteiger partial charge < -0.3 is 10.1 Å². The molecule has 0 aliphatic heterocycles. The lowest BCUT2D eigenvalue weighted by molar-refractivity contribution is 0.306. The van der Waals surface area contributed by atoms with E-state index >= 15 is 0 Å². The molecular formula is C16H23N3OS. The first kappa shape index (κ1) is 17.2. The molecule has 0 unspecified atom stereocenters. The van der Waals surface area contributed by atoms with Crippen molar-refractivity contribution in [2.75, 3.05) is 13.2 Å². The molecule has 1 rings (SSSR count). The summed E-state index contributed by atoms with van der Waals surface area (Å²) in [5, 5.41) is 7.51. The molecule has 2 N–H and O–H groups in total. The zero-order chi connectivity index (χ0) is 15.3. The van der Waals surface area contributed by atoms with Crippen LogP contribution < -0.4 is 15.5 Å². The molecule has 0 radical (unpaired) electrons. The van der Waals surface area contributed by atoms with Gasteiger partial charge in [-0.3, -0.25) is 5.43 Å². The zero-order valence-corrected chi connectivity index (χ0v) is 13.3. The van der Waals surface area contributed by atoms with Gasteiger partial charge in [-0.1, -0.05) is 38.0 Å². The van der Waals surface area contributed by atoms with E-state index in [0.717, 1.165) is 24.3 Å². The Morgan fingerprint density at radius 2 is 2.19 bits per heavy atom. The van der Waals surface area contributed by atoms with Crippen molar-refractivity contribution in [2.45, 2.75) is 26.2 Å². The first-order chi connectivity index (χ1) is 10.3. The van der Waals surface area contributed by atoms with Gasteiger partial charge in [-0.25, -0.2) is 0 Å². The number of rotatable bonds is 9. The van der Waals surface area contributed by atoms with Crippen LogP contribution in [-0.4, -0.2) is 24.5 Å². The number of hydrogen-bond donors (Lipinski definition) is 2. The number of para-hydroxylation sites is 1. The molecule has 0 atom stereocenters. The summed E-state index contributed by atoms with van der Waals surface area (Å²) in [6.07, 6.45) is 6.87. The average Bonchev–Trinajstić information content (AvgIpc) is 2.51. The van der Waals surface area contributed by atoms with E-state index in [2.05, 4.69) is 29.3 Å². The van der Waals surface area contributed by atoms with Crippen LogP contribution in [0.3, 0.4) is 0 Å². The van der Waals surface area contributed by atoms with Crippen molar-refractivity contribution >= 4 is 23.5 Å². The van der Waals surface area contributed by atoms with E-state index in [0.29, 0.717) is 11.7 Å². The highest BCUT2D eigenvalue weighted by Crippen LogP contribution is 2.16. The lowest BCUT2D eigenvalue weighted by atomic mass is 10.2. The Bertz CT molecular complexity index is 474. The molecule has 4 nitrogen and oxygen atoms in total. The molecule has 0 heterocycles. The van der Waals surface area contributed by atoms with Gasteiger partial charge in [0.1, 0.15) is 5.75 Å². The molecule has 1 aromatic carbocycles. The molecule has 0 saturated heterocycles. The monoisotopic (exact) mass is 305 g/mol. The topological polar surface area (TPSA) is 45.7 Å². The minimum atomic E-state index is 0.465. The quantitative estimate of drug-likeness (QED) is 0.242. The minimum Gasteiger partial charge on any atom is -0.493 e. The maximum Gasteiger partial charge on any atom is 0.187 e. The van der Waals surface area contributed by atoms with Crippen molar-refractivity contribution in [3.05, 3.63) is 42.5 Å². The Kier molecular flexibility index (Phi) is 8.88. The smallest absolute Gasteiger partial charge is 0.187 e. The van der Waals surface area contributed by atoms with Crippen LogP contribution in [0, 0.1) is 0 Å². The number of nitrogens with one attached hydrogen (secondary N) is 2. The van der Waals surface area contributed by atoms with Gasteiger partial charge in [0.25, 0.3) is 0 Å². The molecule has 0 fully saturated rings. The molecule has 0 aliphatic carbocycles. The third-order valence-electron chi connectivity index (χ3n) is 2.70. The van der Waals surface area contributed by atoms with Gasteiger partial charge in [-0.2, -0.15) is 5.10 Å². The second-order valence-corrected chi connectivity index (χ2v) is 4.87. The van der Waals surface area contributed by atoms with Crippen LogP contribution in [0.5, 0.6) is 5.75 Å². The van der Waals surface area contributed by atoms with Gasteiger partial charge in [0.15, 0.2) is 5.11 Å². The van der Waals surface area contributed by atoms with Gasteiger partial charge in [0, 0.05) is 12.1 Å². The molecule has 1 aromatic rings.